The van der Waals surface area contributed by atoms with E-state index in [1.54, 1.807) is 11.8 Å². The summed E-state index contributed by atoms with van der Waals surface area (Å²) >= 11 is 1.58. The Bertz CT molecular complexity index is 411. The molecule has 0 radical (unpaired) electrons. The van der Waals surface area contributed by atoms with E-state index in [4.69, 9.17) is 0 Å². The van der Waals surface area contributed by atoms with Gasteiger partial charge in [-0.3, -0.25) is 0 Å². The lowest BCUT2D eigenvalue weighted by Gasteiger charge is -2.30. The molecule has 0 saturated carbocycles. The van der Waals surface area contributed by atoms with E-state index < -0.39 is 5.54 Å². The summed E-state index contributed by atoms with van der Waals surface area (Å²) < 4.78 is 0. The van der Waals surface area contributed by atoms with E-state index >= 15 is 0 Å². The molecule has 0 fully saturated rings. The summed E-state index contributed by atoms with van der Waals surface area (Å²) in [7, 11) is 0. The highest BCUT2D eigenvalue weighted by molar-refractivity contribution is 7.98. The van der Waals surface area contributed by atoms with Gasteiger partial charge in [-0.15, -0.1) is 11.8 Å². The predicted octanol–water partition coefficient (Wildman–Crippen LogP) is 3.08. The number of hydrogen-bond acceptors (Lipinski definition) is 3. The highest BCUT2D eigenvalue weighted by atomic mass is 32.2. The van der Waals surface area contributed by atoms with Crippen LogP contribution in [0.5, 0.6) is 0 Å². The molecule has 0 aliphatic rings. The van der Waals surface area contributed by atoms with Gasteiger partial charge >= 0.3 is 6.03 Å². The normalized spacial score (nSPS) is 11.2. The third-order valence-electron chi connectivity index (χ3n) is 3.39. The van der Waals surface area contributed by atoms with Crippen molar-refractivity contribution in [3.05, 3.63) is 24.3 Å². The fraction of sp³-hybridized carbons (Fsp3) is 0.500. The molecule has 0 aliphatic carbocycles. The second-order valence-corrected chi connectivity index (χ2v) is 5.27. The first-order valence-electron chi connectivity index (χ1n) is 6.43. The number of rotatable bonds is 6. The summed E-state index contributed by atoms with van der Waals surface area (Å²) in [6.07, 6.45) is 3.35. The average molecular weight is 282 g/mol. The maximum absolute atomic E-state index is 12.0. The van der Waals surface area contributed by atoms with Gasteiger partial charge in [-0.1, -0.05) is 26.0 Å². The number of amides is 2. The second-order valence-electron chi connectivity index (χ2n) is 4.42. The van der Waals surface area contributed by atoms with Gasteiger partial charge < -0.3 is 15.7 Å². The summed E-state index contributed by atoms with van der Waals surface area (Å²) in [4.78, 5) is 13.0. The van der Waals surface area contributed by atoms with Gasteiger partial charge in [-0.2, -0.15) is 0 Å². The molecule has 0 bridgehead atoms. The largest absolute Gasteiger partial charge is 0.394 e. The van der Waals surface area contributed by atoms with Crippen LogP contribution in [-0.4, -0.2) is 29.5 Å². The van der Waals surface area contributed by atoms with E-state index in [0.717, 1.165) is 10.6 Å². The van der Waals surface area contributed by atoms with Gasteiger partial charge in [0.05, 0.1) is 17.8 Å². The van der Waals surface area contributed by atoms with Crippen molar-refractivity contribution in [3.63, 3.8) is 0 Å². The number of para-hydroxylation sites is 1. The van der Waals surface area contributed by atoms with Gasteiger partial charge in [0.2, 0.25) is 0 Å². The van der Waals surface area contributed by atoms with Crippen LogP contribution in [-0.2, 0) is 0 Å². The van der Waals surface area contributed by atoms with Crippen molar-refractivity contribution in [1.82, 2.24) is 5.32 Å². The number of urea groups is 1. The quantitative estimate of drug-likeness (QED) is 0.703. The minimum Gasteiger partial charge on any atom is -0.394 e. The molecule has 2 amide bonds. The Morgan fingerprint density at radius 1 is 1.32 bits per heavy atom. The number of anilines is 1. The van der Waals surface area contributed by atoms with E-state index in [2.05, 4.69) is 10.6 Å². The minimum atomic E-state index is -0.543. The number of aliphatic hydroxyl groups is 1. The number of benzene rings is 1. The van der Waals surface area contributed by atoms with Gasteiger partial charge in [0.1, 0.15) is 0 Å². The molecule has 1 aromatic rings. The molecule has 0 spiro atoms. The zero-order chi connectivity index (χ0) is 14.3. The Kier molecular flexibility index (Phi) is 6.18. The first-order valence-corrected chi connectivity index (χ1v) is 7.66. The van der Waals surface area contributed by atoms with Crippen LogP contribution in [0.4, 0.5) is 10.5 Å². The van der Waals surface area contributed by atoms with Crippen LogP contribution in [0.25, 0.3) is 0 Å². The fourth-order valence-corrected chi connectivity index (χ4v) is 2.39. The summed E-state index contributed by atoms with van der Waals surface area (Å²) in [5.74, 6) is 0. The molecule has 0 atom stereocenters. The van der Waals surface area contributed by atoms with Crippen LogP contribution < -0.4 is 10.6 Å². The molecule has 19 heavy (non-hydrogen) atoms. The molecular formula is C14H22N2O2S. The first-order chi connectivity index (χ1) is 9.10. The van der Waals surface area contributed by atoms with Crippen LogP contribution >= 0.6 is 11.8 Å². The number of hydrogen-bond donors (Lipinski definition) is 3. The Balaban J connectivity index is 2.74. The fourth-order valence-electron chi connectivity index (χ4n) is 1.83. The van der Waals surface area contributed by atoms with Crippen LogP contribution in [0.15, 0.2) is 29.2 Å². The summed E-state index contributed by atoms with van der Waals surface area (Å²) in [6.45, 7) is 3.85. The lowest BCUT2D eigenvalue weighted by molar-refractivity contribution is 0.155. The summed E-state index contributed by atoms with van der Waals surface area (Å²) in [6, 6.07) is 7.36. The number of carbonyl (C=O) groups excluding carboxylic acids is 1. The molecule has 0 aromatic heterocycles. The van der Waals surface area contributed by atoms with Crippen molar-refractivity contribution in [2.45, 2.75) is 37.1 Å². The maximum atomic E-state index is 12.0. The van der Waals surface area contributed by atoms with Gasteiger partial charge in [0.25, 0.3) is 0 Å². The maximum Gasteiger partial charge on any atom is 0.319 e. The van der Waals surface area contributed by atoms with Gasteiger partial charge in [-0.25, -0.2) is 4.79 Å². The number of aliphatic hydroxyl groups excluding tert-OH is 1. The molecule has 0 heterocycles. The molecule has 0 aliphatic heterocycles. The lowest BCUT2D eigenvalue weighted by Crippen LogP contribution is -2.52. The molecular weight excluding hydrogens is 260 g/mol. The molecule has 0 saturated heterocycles. The Hall–Kier alpha value is -1.20. The zero-order valence-corrected chi connectivity index (χ0v) is 12.5. The number of thioether (sulfide) groups is 1. The molecule has 106 valence electrons. The summed E-state index contributed by atoms with van der Waals surface area (Å²) in [5.41, 5.74) is 0.241. The molecule has 1 aromatic carbocycles. The van der Waals surface area contributed by atoms with Crippen molar-refractivity contribution in [2.24, 2.45) is 0 Å². The number of nitrogens with one attached hydrogen (secondary N) is 2. The highest BCUT2D eigenvalue weighted by Gasteiger charge is 2.27. The van der Waals surface area contributed by atoms with Crippen molar-refractivity contribution < 1.29 is 9.90 Å². The molecule has 0 unspecified atom stereocenters. The van der Waals surface area contributed by atoms with E-state index in [9.17, 15) is 9.90 Å². The Morgan fingerprint density at radius 2 is 1.95 bits per heavy atom. The van der Waals surface area contributed by atoms with Crippen LogP contribution in [0.2, 0.25) is 0 Å². The van der Waals surface area contributed by atoms with Gasteiger partial charge in [0.15, 0.2) is 0 Å². The Morgan fingerprint density at radius 3 is 2.47 bits per heavy atom. The topological polar surface area (TPSA) is 61.4 Å². The van der Waals surface area contributed by atoms with Crippen molar-refractivity contribution in [3.8, 4) is 0 Å². The van der Waals surface area contributed by atoms with Crippen molar-refractivity contribution in [2.75, 3.05) is 18.2 Å². The Labute approximate surface area is 119 Å². The van der Waals surface area contributed by atoms with Crippen LogP contribution in [0.1, 0.15) is 26.7 Å². The van der Waals surface area contributed by atoms with E-state index in [0.29, 0.717) is 12.8 Å². The SMILES string of the molecule is CCC(CC)(CO)NC(=O)Nc1ccccc1SC. The van der Waals surface area contributed by atoms with Gasteiger partial charge in [0, 0.05) is 4.90 Å². The second kappa shape index (κ2) is 7.40. The molecule has 4 nitrogen and oxygen atoms in total. The summed E-state index contributed by atoms with van der Waals surface area (Å²) in [5, 5.41) is 15.2. The number of carbonyl (C=O) groups is 1. The van der Waals surface area contributed by atoms with Crippen LogP contribution in [0.3, 0.4) is 0 Å². The third kappa shape index (κ3) is 4.14. The molecule has 3 N–H and O–H groups in total. The van der Waals surface area contributed by atoms with E-state index in [1.807, 2.05) is 44.4 Å². The minimum absolute atomic E-state index is 0.0579. The van der Waals surface area contributed by atoms with Crippen LogP contribution in [0, 0.1) is 0 Å². The van der Waals surface area contributed by atoms with Crippen molar-refractivity contribution >= 4 is 23.5 Å². The van der Waals surface area contributed by atoms with Gasteiger partial charge in [-0.05, 0) is 31.2 Å². The first kappa shape index (κ1) is 15.9. The van der Waals surface area contributed by atoms with Crippen molar-refractivity contribution in [1.29, 1.82) is 0 Å². The monoisotopic (exact) mass is 282 g/mol. The molecule has 1 rings (SSSR count). The highest BCUT2D eigenvalue weighted by Crippen LogP contribution is 2.24. The molecule has 5 heteroatoms. The lowest BCUT2D eigenvalue weighted by atomic mass is 9.94. The third-order valence-corrected chi connectivity index (χ3v) is 4.19. The zero-order valence-electron chi connectivity index (χ0n) is 11.7. The van der Waals surface area contributed by atoms with E-state index in [-0.39, 0.29) is 12.6 Å². The standard InChI is InChI=1S/C14H22N2O2S/c1-4-14(5-2,10-17)16-13(18)15-11-8-6-7-9-12(11)19-3/h6-9,17H,4-5,10H2,1-3H3,(H2,15,16,18). The van der Waals surface area contributed by atoms with E-state index in [1.165, 1.54) is 0 Å². The average Bonchev–Trinajstić information content (AvgIpc) is 2.45. The smallest absolute Gasteiger partial charge is 0.319 e. The predicted molar refractivity (Wildman–Crippen MR) is 80.8 cm³/mol.